The van der Waals surface area contributed by atoms with E-state index >= 15 is 0 Å². The number of nitrogen functional groups attached to an aromatic ring is 1. The second kappa shape index (κ2) is 5.44. The Morgan fingerprint density at radius 2 is 2.35 bits per heavy atom. The molecule has 0 radical (unpaired) electrons. The van der Waals surface area contributed by atoms with Gasteiger partial charge >= 0.3 is 0 Å². The minimum atomic E-state index is -0.139. The molecule has 1 aromatic rings. The highest BCUT2D eigenvalue weighted by molar-refractivity contribution is 5.97. The lowest BCUT2D eigenvalue weighted by atomic mass is 10.1. The first-order valence-corrected chi connectivity index (χ1v) is 7.58. The van der Waals surface area contributed by atoms with Crippen molar-refractivity contribution in [1.29, 1.82) is 0 Å². The van der Waals surface area contributed by atoms with Crippen molar-refractivity contribution in [1.82, 2.24) is 20.4 Å². The fourth-order valence-electron chi connectivity index (χ4n) is 3.49. The van der Waals surface area contributed by atoms with Gasteiger partial charge in [-0.15, -0.1) is 0 Å². The highest BCUT2D eigenvalue weighted by Gasteiger charge is 2.38. The number of carbonyl (C=O) groups is 1. The molecular formula is C14H23N5O. The Balaban J connectivity index is 1.67. The summed E-state index contributed by atoms with van der Waals surface area (Å²) in [5.74, 6) is -0.139. The topological polar surface area (TPSA) is 87.0 Å². The summed E-state index contributed by atoms with van der Waals surface area (Å²) in [4.78, 5) is 14.8. The van der Waals surface area contributed by atoms with Gasteiger partial charge in [-0.05, 0) is 32.2 Å². The maximum atomic E-state index is 12.3. The van der Waals surface area contributed by atoms with Gasteiger partial charge in [-0.1, -0.05) is 13.3 Å². The lowest BCUT2D eigenvalue weighted by Gasteiger charge is -2.20. The number of aryl methyl sites for hydroxylation is 1. The summed E-state index contributed by atoms with van der Waals surface area (Å²) >= 11 is 0. The van der Waals surface area contributed by atoms with E-state index in [0.717, 1.165) is 31.5 Å². The van der Waals surface area contributed by atoms with Gasteiger partial charge in [0.05, 0.1) is 11.4 Å². The minimum Gasteiger partial charge on any atom is -0.395 e. The van der Waals surface area contributed by atoms with Crippen molar-refractivity contribution in [3.8, 4) is 0 Å². The molecule has 1 aromatic heterocycles. The van der Waals surface area contributed by atoms with Crippen molar-refractivity contribution in [2.24, 2.45) is 0 Å². The normalized spacial score (nSPS) is 25.9. The van der Waals surface area contributed by atoms with Crippen LogP contribution in [0.2, 0.25) is 0 Å². The first-order chi connectivity index (χ1) is 9.70. The number of hydrogen-bond donors (Lipinski definition) is 3. The summed E-state index contributed by atoms with van der Waals surface area (Å²) in [6, 6.07) is 0.755. The van der Waals surface area contributed by atoms with Crippen LogP contribution < -0.4 is 11.1 Å². The van der Waals surface area contributed by atoms with Gasteiger partial charge in [0.1, 0.15) is 0 Å². The number of carbonyl (C=O) groups excluding carboxylic acids is 1. The molecule has 1 amide bonds. The number of nitrogens with two attached hydrogens (primary N) is 1. The number of nitrogens with one attached hydrogen (secondary N) is 2. The number of H-pyrrole nitrogens is 1. The zero-order valence-corrected chi connectivity index (χ0v) is 12.0. The van der Waals surface area contributed by atoms with Crippen LogP contribution in [0.3, 0.4) is 0 Å². The standard InChI is InChI=1S/C14H23N5O/c1-2-4-10-12(15)13(18-17-10)14(20)16-9-6-8-19-7-3-5-11(9)19/h9,11H,2-8,15H2,1H3,(H,16,20)(H,17,18). The minimum absolute atomic E-state index is 0.139. The van der Waals surface area contributed by atoms with Gasteiger partial charge in [0.15, 0.2) is 5.69 Å². The van der Waals surface area contributed by atoms with E-state index < -0.39 is 0 Å². The Morgan fingerprint density at radius 3 is 3.15 bits per heavy atom. The molecule has 2 aliphatic rings. The van der Waals surface area contributed by atoms with Crippen LogP contribution in [0.25, 0.3) is 0 Å². The Kier molecular flexibility index (Phi) is 3.65. The molecule has 0 spiro atoms. The molecule has 110 valence electrons. The van der Waals surface area contributed by atoms with Crippen LogP contribution in [-0.2, 0) is 6.42 Å². The number of amides is 1. The molecule has 3 rings (SSSR count). The van der Waals surface area contributed by atoms with Gasteiger partial charge in [-0.2, -0.15) is 5.10 Å². The van der Waals surface area contributed by atoms with Crippen LogP contribution in [-0.4, -0.2) is 46.2 Å². The SMILES string of the molecule is CCCc1[nH]nc(C(=O)NC2CCN3CCCC23)c1N. The number of fused-ring (bicyclic) bond motifs is 1. The molecule has 2 fully saturated rings. The van der Waals surface area contributed by atoms with Gasteiger partial charge in [0.2, 0.25) is 0 Å². The van der Waals surface area contributed by atoms with Crippen LogP contribution in [0.1, 0.15) is 48.8 Å². The highest BCUT2D eigenvalue weighted by Crippen LogP contribution is 2.28. The molecule has 0 aromatic carbocycles. The van der Waals surface area contributed by atoms with Crippen molar-refractivity contribution in [2.45, 2.75) is 51.1 Å². The zero-order chi connectivity index (χ0) is 14.1. The molecule has 6 heteroatoms. The number of hydrogen-bond acceptors (Lipinski definition) is 4. The fraction of sp³-hybridized carbons (Fsp3) is 0.714. The summed E-state index contributed by atoms with van der Waals surface area (Å²) in [5.41, 5.74) is 7.73. The Bertz CT molecular complexity index is 498. The number of rotatable bonds is 4. The lowest BCUT2D eigenvalue weighted by Crippen LogP contribution is -2.42. The third kappa shape index (κ3) is 2.28. The molecule has 2 unspecified atom stereocenters. The van der Waals surface area contributed by atoms with E-state index in [4.69, 9.17) is 5.73 Å². The first-order valence-electron chi connectivity index (χ1n) is 7.58. The average molecular weight is 277 g/mol. The largest absolute Gasteiger partial charge is 0.395 e. The zero-order valence-electron chi connectivity index (χ0n) is 12.0. The third-order valence-corrected chi connectivity index (χ3v) is 4.52. The second-order valence-electron chi connectivity index (χ2n) is 5.83. The average Bonchev–Trinajstić information content (AvgIpc) is 3.09. The molecule has 0 aliphatic carbocycles. The van der Waals surface area contributed by atoms with E-state index in [-0.39, 0.29) is 11.9 Å². The van der Waals surface area contributed by atoms with Gasteiger partial charge in [0.25, 0.3) is 5.91 Å². The second-order valence-corrected chi connectivity index (χ2v) is 5.83. The van der Waals surface area contributed by atoms with Gasteiger partial charge in [-0.3, -0.25) is 14.8 Å². The van der Waals surface area contributed by atoms with Crippen molar-refractivity contribution in [2.75, 3.05) is 18.8 Å². The molecule has 2 saturated heterocycles. The van der Waals surface area contributed by atoms with E-state index in [9.17, 15) is 4.79 Å². The number of aromatic nitrogens is 2. The smallest absolute Gasteiger partial charge is 0.274 e. The van der Waals surface area contributed by atoms with E-state index in [1.54, 1.807) is 0 Å². The molecule has 6 nitrogen and oxygen atoms in total. The van der Waals surface area contributed by atoms with Crippen molar-refractivity contribution < 1.29 is 4.79 Å². The fourth-order valence-corrected chi connectivity index (χ4v) is 3.49. The van der Waals surface area contributed by atoms with Crippen molar-refractivity contribution in [3.05, 3.63) is 11.4 Å². The summed E-state index contributed by atoms with van der Waals surface area (Å²) < 4.78 is 0. The third-order valence-electron chi connectivity index (χ3n) is 4.52. The van der Waals surface area contributed by atoms with Crippen LogP contribution in [0.15, 0.2) is 0 Å². The van der Waals surface area contributed by atoms with Crippen molar-refractivity contribution >= 4 is 11.6 Å². The highest BCUT2D eigenvalue weighted by atomic mass is 16.2. The Hall–Kier alpha value is -1.56. The monoisotopic (exact) mass is 277 g/mol. The maximum absolute atomic E-state index is 12.3. The van der Waals surface area contributed by atoms with Gasteiger partial charge in [0, 0.05) is 18.6 Å². The van der Waals surface area contributed by atoms with Crippen LogP contribution in [0, 0.1) is 0 Å². The van der Waals surface area contributed by atoms with Crippen LogP contribution in [0.4, 0.5) is 5.69 Å². The first kappa shape index (κ1) is 13.4. The number of aromatic amines is 1. The molecule has 0 saturated carbocycles. The predicted molar refractivity (Wildman–Crippen MR) is 77.5 cm³/mol. The Morgan fingerprint density at radius 1 is 1.50 bits per heavy atom. The van der Waals surface area contributed by atoms with Crippen molar-refractivity contribution in [3.63, 3.8) is 0 Å². The van der Waals surface area contributed by atoms with Gasteiger partial charge in [-0.25, -0.2) is 0 Å². The molecule has 2 atom stereocenters. The van der Waals surface area contributed by atoms with E-state index in [0.29, 0.717) is 17.4 Å². The molecule has 4 N–H and O–H groups in total. The van der Waals surface area contributed by atoms with E-state index in [2.05, 4.69) is 27.3 Å². The molecule has 3 heterocycles. The van der Waals surface area contributed by atoms with Gasteiger partial charge < -0.3 is 11.1 Å². The number of anilines is 1. The lowest BCUT2D eigenvalue weighted by molar-refractivity contribution is 0.0925. The van der Waals surface area contributed by atoms with Crippen LogP contribution >= 0.6 is 0 Å². The summed E-state index contributed by atoms with van der Waals surface area (Å²) in [6.45, 7) is 4.34. The summed E-state index contributed by atoms with van der Waals surface area (Å²) in [7, 11) is 0. The predicted octanol–water partition coefficient (Wildman–Crippen LogP) is 0.911. The Labute approximate surface area is 119 Å². The molecule has 20 heavy (non-hydrogen) atoms. The summed E-state index contributed by atoms with van der Waals surface area (Å²) in [5, 5.41) is 10.1. The molecular weight excluding hydrogens is 254 g/mol. The molecule has 2 aliphatic heterocycles. The van der Waals surface area contributed by atoms with E-state index in [1.807, 2.05) is 0 Å². The van der Waals surface area contributed by atoms with Crippen LogP contribution in [0.5, 0.6) is 0 Å². The molecule has 0 bridgehead atoms. The summed E-state index contributed by atoms with van der Waals surface area (Å²) in [6.07, 6.45) is 5.26. The quantitative estimate of drug-likeness (QED) is 0.763. The number of nitrogens with zero attached hydrogens (tertiary/aromatic N) is 2. The maximum Gasteiger partial charge on any atom is 0.274 e. The van der Waals surface area contributed by atoms with E-state index in [1.165, 1.54) is 19.4 Å².